The van der Waals surface area contributed by atoms with Crippen molar-refractivity contribution in [2.75, 3.05) is 19.1 Å². The van der Waals surface area contributed by atoms with Gasteiger partial charge in [-0.25, -0.2) is 9.59 Å². The molecular formula is C21H21NO5. The van der Waals surface area contributed by atoms with Crippen LogP contribution < -0.4 is 9.64 Å². The van der Waals surface area contributed by atoms with Gasteiger partial charge in [-0.15, -0.1) is 0 Å². The second-order valence-corrected chi connectivity index (χ2v) is 6.58. The molecule has 0 saturated heterocycles. The lowest BCUT2D eigenvalue weighted by atomic mass is 10.0. The van der Waals surface area contributed by atoms with Crippen LogP contribution in [0.2, 0.25) is 0 Å². The number of methoxy groups -OCH3 is 2. The molecule has 3 rings (SSSR count). The first kappa shape index (κ1) is 18.5. The molecule has 2 aliphatic heterocycles. The van der Waals surface area contributed by atoms with Crippen LogP contribution in [0.5, 0.6) is 5.75 Å². The molecule has 0 atom stereocenters. The van der Waals surface area contributed by atoms with Gasteiger partial charge in [0.2, 0.25) is 0 Å². The zero-order valence-corrected chi connectivity index (χ0v) is 15.7. The summed E-state index contributed by atoms with van der Waals surface area (Å²) in [6.07, 6.45) is 10.6. The van der Waals surface area contributed by atoms with Crippen molar-refractivity contribution < 1.29 is 23.8 Å². The highest BCUT2D eigenvalue weighted by Crippen LogP contribution is 2.35. The predicted octanol–water partition coefficient (Wildman–Crippen LogP) is 3.36. The topological polar surface area (TPSA) is 65.1 Å². The van der Waals surface area contributed by atoms with E-state index >= 15 is 0 Å². The Labute approximate surface area is 158 Å². The van der Waals surface area contributed by atoms with Gasteiger partial charge in [0.25, 0.3) is 0 Å². The fraction of sp³-hybridized carbons (Fsp3) is 0.238. The number of carbonyl (C=O) groups excluding carboxylic acids is 2. The van der Waals surface area contributed by atoms with E-state index in [0.29, 0.717) is 5.69 Å². The van der Waals surface area contributed by atoms with Crippen LogP contribution in [0.25, 0.3) is 6.08 Å². The van der Waals surface area contributed by atoms with Crippen LogP contribution in [0.1, 0.15) is 19.4 Å². The fourth-order valence-electron chi connectivity index (χ4n) is 2.88. The molecule has 0 aromatic heterocycles. The molecule has 6 heteroatoms. The molecule has 0 amide bonds. The van der Waals surface area contributed by atoms with E-state index < -0.39 is 11.9 Å². The van der Waals surface area contributed by atoms with E-state index in [9.17, 15) is 9.59 Å². The van der Waals surface area contributed by atoms with E-state index in [-0.39, 0.29) is 16.9 Å². The highest BCUT2D eigenvalue weighted by molar-refractivity contribution is 6.05. The lowest BCUT2D eigenvalue weighted by molar-refractivity contribution is -0.139. The van der Waals surface area contributed by atoms with Crippen molar-refractivity contribution in [3.8, 4) is 5.75 Å². The van der Waals surface area contributed by atoms with Crippen LogP contribution >= 0.6 is 0 Å². The van der Waals surface area contributed by atoms with Gasteiger partial charge in [0, 0.05) is 17.5 Å². The molecule has 1 aromatic carbocycles. The number of hydrogen-bond donors (Lipinski definition) is 0. The Balaban J connectivity index is 2.11. The van der Waals surface area contributed by atoms with Gasteiger partial charge < -0.3 is 19.1 Å². The number of anilines is 1. The van der Waals surface area contributed by atoms with Crippen LogP contribution in [0.3, 0.4) is 0 Å². The minimum atomic E-state index is -0.641. The lowest BCUT2D eigenvalue weighted by Crippen LogP contribution is -2.28. The van der Waals surface area contributed by atoms with Crippen LogP contribution in [0.15, 0.2) is 60.0 Å². The van der Waals surface area contributed by atoms with Gasteiger partial charge in [0.15, 0.2) is 0 Å². The largest absolute Gasteiger partial charge is 0.483 e. The monoisotopic (exact) mass is 367 g/mol. The minimum absolute atomic E-state index is 0.0790. The third kappa shape index (κ3) is 3.65. The molecule has 27 heavy (non-hydrogen) atoms. The number of rotatable bonds is 3. The van der Waals surface area contributed by atoms with Crippen molar-refractivity contribution in [2.24, 2.45) is 0 Å². The van der Waals surface area contributed by atoms with Crippen molar-refractivity contribution in [1.29, 1.82) is 0 Å². The second-order valence-electron chi connectivity index (χ2n) is 6.58. The summed E-state index contributed by atoms with van der Waals surface area (Å²) in [6.45, 7) is 3.95. The maximum atomic E-state index is 12.5. The maximum absolute atomic E-state index is 12.5. The Kier molecular flexibility index (Phi) is 4.90. The molecule has 1 aromatic rings. The van der Waals surface area contributed by atoms with Gasteiger partial charge in [0.1, 0.15) is 17.0 Å². The van der Waals surface area contributed by atoms with Crippen molar-refractivity contribution in [2.45, 2.75) is 19.4 Å². The molecule has 6 nitrogen and oxygen atoms in total. The van der Waals surface area contributed by atoms with Gasteiger partial charge in [-0.2, -0.15) is 0 Å². The lowest BCUT2D eigenvalue weighted by Gasteiger charge is -2.29. The maximum Gasteiger partial charge on any atom is 0.355 e. The van der Waals surface area contributed by atoms with Crippen molar-refractivity contribution >= 4 is 23.7 Å². The molecule has 0 N–H and O–H groups in total. The van der Waals surface area contributed by atoms with Crippen molar-refractivity contribution in [1.82, 2.24) is 0 Å². The molecule has 0 unspecified atom stereocenters. The molecule has 0 aliphatic carbocycles. The van der Waals surface area contributed by atoms with Crippen molar-refractivity contribution in [3.05, 3.63) is 65.5 Å². The van der Waals surface area contributed by atoms with Crippen LogP contribution in [-0.4, -0.2) is 31.8 Å². The number of ether oxygens (including phenoxy) is 3. The van der Waals surface area contributed by atoms with E-state index in [1.54, 1.807) is 23.3 Å². The first-order chi connectivity index (χ1) is 12.9. The fourth-order valence-corrected chi connectivity index (χ4v) is 2.88. The van der Waals surface area contributed by atoms with Crippen molar-refractivity contribution in [3.63, 3.8) is 0 Å². The minimum Gasteiger partial charge on any atom is -0.483 e. The molecule has 140 valence electrons. The average molecular weight is 367 g/mol. The number of hydrogen-bond acceptors (Lipinski definition) is 6. The Bertz CT molecular complexity index is 905. The van der Waals surface area contributed by atoms with Crippen LogP contribution in [0, 0.1) is 0 Å². The highest BCUT2D eigenvalue weighted by Gasteiger charge is 2.28. The van der Waals surface area contributed by atoms with E-state index in [2.05, 4.69) is 0 Å². The summed E-state index contributed by atoms with van der Waals surface area (Å²) in [5.74, 6) is -0.513. The summed E-state index contributed by atoms with van der Waals surface area (Å²) < 4.78 is 15.7. The Morgan fingerprint density at radius 2 is 1.78 bits per heavy atom. The molecular weight excluding hydrogens is 346 g/mol. The first-order valence-corrected chi connectivity index (χ1v) is 8.43. The third-order valence-electron chi connectivity index (χ3n) is 4.20. The summed E-state index contributed by atoms with van der Waals surface area (Å²) >= 11 is 0. The number of benzene rings is 1. The SMILES string of the molecule is COC(=O)C1=C(C(=O)OC)N(c2ccc3c(c2)C=CC(C)(C)O3)C=CC=C1. The predicted molar refractivity (Wildman–Crippen MR) is 102 cm³/mol. The summed E-state index contributed by atoms with van der Waals surface area (Å²) in [7, 11) is 2.54. The first-order valence-electron chi connectivity index (χ1n) is 8.43. The van der Waals surface area contributed by atoms with Gasteiger partial charge in [-0.3, -0.25) is 0 Å². The van der Waals surface area contributed by atoms with E-state index in [0.717, 1.165) is 11.3 Å². The Hall–Kier alpha value is -3.28. The van der Waals surface area contributed by atoms with Gasteiger partial charge >= 0.3 is 11.9 Å². The molecule has 2 aliphatic rings. The van der Waals surface area contributed by atoms with E-state index in [1.165, 1.54) is 20.3 Å². The molecule has 0 radical (unpaired) electrons. The average Bonchev–Trinajstić information content (AvgIpc) is 2.88. The summed E-state index contributed by atoms with van der Waals surface area (Å²) in [5, 5.41) is 0. The van der Waals surface area contributed by atoms with Crippen LogP contribution in [-0.2, 0) is 19.1 Å². The number of fused-ring (bicyclic) bond motifs is 1. The molecule has 0 fully saturated rings. The number of carbonyl (C=O) groups is 2. The van der Waals surface area contributed by atoms with Gasteiger partial charge in [-0.05, 0) is 50.3 Å². The zero-order chi connectivity index (χ0) is 19.6. The van der Waals surface area contributed by atoms with Crippen LogP contribution in [0.4, 0.5) is 5.69 Å². The molecule has 0 spiro atoms. The quantitative estimate of drug-likeness (QED) is 0.764. The Morgan fingerprint density at radius 1 is 1.04 bits per heavy atom. The molecule has 2 heterocycles. The van der Waals surface area contributed by atoms with E-state index in [4.69, 9.17) is 14.2 Å². The normalized spacial score (nSPS) is 17.1. The molecule has 0 saturated carbocycles. The molecule has 0 bridgehead atoms. The van der Waals surface area contributed by atoms with Gasteiger partial charge in [0.05, 0.1) is 19.8 Å². The number of esters is 2. The summed E-state index contributed by atoms with van der Waals surface area (Å²) in [5.41, 5.74) is 1.37. The summed E-state index contributed by atoms with van der Waals surface area (Å²) in [6, 6.07) is 5.55. The Morgan fingerprint density at radius 3 is 2.48 bits per heavy atom. The van der Waals surface area contributed by atoms with Gasteiger partial charge in [-0.1, -0.05) is 12.2 Å². The second kappa shape index (κ2) is 7.15. The number of nitrogens with zero attached hydrogens (tertiary/aromatic N) is 1. The summed E-state index contributed by atoms with van der Waals surface area (Å²) in [4.78, 5) is 26.3. The highest BCUT2D eigenvalue weighted by atomic mass is 16.5. The standard InChI is InChI=1S/C21H21NO5/c1-21(2)11-10-14-13-15(8-9-17(14)27-21)22-12-6-5-7-16(19(23)25-3)18(22)20(24)26-4/h5-13H,1-4H3. The zero-order valence-electron chi connectivity index (χ0n) is 15.7. The van der Waals surface area contributed by atoms with E-state index in [1.807, 2.05) is 44.2 Å². The number of allylic oxidation sites excluding steroid dienone is 2. The third-order valence-corrected chi connectivity index (χ3v) is 4.20. The smallest absolute Gasteiger partial charge is 0.355 e.